The van der Waals surface area contributed by atoms with Crippen LogP contribution in [0.4, 0.5) is 4.79 Å². The normalized spacial score (nSPS) is 33.9. The minimum atomic E-state index is -0.331. The van der Waals surface area contributed by atoms with Crippen LogP contribution in [-0.4, -0.2) is 38.0 Å². The second-order valence-electron chi connectivity index (χ2n) is 9.12. The number of imide groups is 1. The van der Waals surface area contributed by atoms with Gasteiger partial charge in [-0.1, -0.05) is 11.8 Å². The fourth-order valence-electron chi connectivity index (χ4n) is 6.03. The summed E-state index contributed by atoms with van der Waals surface area (Å²) in [5.41, 5.74) is -0.0739. The molecule has 4 bridgehead atoms. The van der Waals surface area contributed by atoms with E-state index in [1.165, 1.54) is 31.0 Å². The Hall–Kier alpha value is -1.57. The van der Waals surface area contributed by atoms with Crippen molar-refractivity contribution in [1.82, 2.24) is 25.4 Å². The summed E-state index contributed by atoms with van der Waals surface area (Å²) < 4.78 is 2.10. The maximum atomic E-state index is 12.5. The molecule has 1 aromatic rings. The van der Waals surface area contributed by atoms with Gasteiger partial charge in [0.25, 0.3) is 0 Å². The molecule has 8 heteroatoms. The third kappa shape index (κ3) is 3.48. The van der Waals surface area contributed by atoms with Gasteiger partial charge in [0.1, 0.15) is 5.82 Å². The van der Waals surface area contributed by atoms with E-state index in [1.807, 2.05) is 6.92 Å². The lowest BCUT2D eigenvalue weighted by atomic mass is 9.53. The van der Waals surface area contributed by atoms with Gasteiger partial charge in [-0.15, -0.1) is 10.2 Å². The standard InChI is InChI=1S/C19H27N5O2S/c1-11-22-23-18(24(11)15-2-3-15)27-10-16(25)20-17(26)21-19-7-12-4-13(8-19)6-14(5-12)9-19/h12-15H,2-10H2,1H3,(H2,20,21,25,26). The average Bonchev–Trinajstić information content (AvgIpc) is 3.34. The zero-order valence-corrected chi connectivity index (χ0v) is 16.6. The Morgan fingerprint density at radius 2 is 1.74 bits per heavy atom. The van der Waals surface area contributed by atoms with Gasteiger partial charge in [-0.25, -0.2) is 4.79 Å². The summed E-state index contributed by atoms with van der Waals surface area (Å²) in [6.07, 6.45) is 9.53. The molecule has 5 aliphatic rings. The summed E-state index contributed by atoms with van der Waals surface area (Å²) in [6, 6.07) is 0.146. The lowest BCUT2D eigenvalue weighted by Crippen LogP contribution is -2.61. The largest absolute Gasteiger partial charge is 0.332 e. The van der Waals surface area contributed by atoms with E-state index in [0.29, 0.717) is 6.04 Å². The minimum Gasteiger partial charge on any atom is -0.332 e. The summed E-state index contributed by atoms with van der Waals surface area (Å²) >= 11 is 1.35. The molecule has 5 fully saturated rings. The van der Waals surface area contributed by atoms with Gasteiger partial charge in [-0.3, -0.25) is 10.1 Å². The summed E-state index contributed by atoms with van der Waals surface area (Å²) in [5.74, 6) is 3.09. The molecule has 5 saturated carbocycles. The van der Waals surface area contributed by atoms with Crippen LogP contribution in [0.1, 0.15) is 63.2 Å². The van der Waals surface area contributed by atoms with Crippen molar-refractivity contribution in [3.05, 3.63) is 5.82 Å². The highest BCUT2D eigenvalue weighted by Crippen LogP contribution is 2.55. The summed E-state index contributed by atoms with van der Waals surface area (Å²) in [5, 5.41) is 14.8. The van der Waals surface area contributed by atoms with Gasteiger partial charge in [0.15, 0.2) is 5.16 Å². The smallest absolute Gasteiger partial charge is 0.321 e. The van der Waals surface area contributed by atoms with Crippen LogP contribution < -0.4 is 10.6 Å². The number of hydrogen-bond acceptors (Lipinski definition) is 5. The number of amides is 3. The van der Waals surface area contributed by atoms with Crippen LogP contribution in [0.25, 0.3) is 0 Å². The van der Waals surface area contributed by atoms with E-state index in [9.17, 15) is 9.59 Å². The number of aromatic nitrogens is 3. The van der Waals surface area contributed by atoms with E-state index in [4.69, 9.17) is 0 Å². The van der Waals surface area contributed by atoms with Crippen molar-refractivity contribution in [3.63, 3.8) is 0 Å². The van der Waals surface area contributed by atoms with Crippen molar-refractivity contribution in [2.45, 2.75) is 75.0 Å². The van der Waals surface area contributed by atoms with E-state index in [2.05, 4.69) is 25.4 Å². The Labute approximate surface area is 163 Å². The number of urea groups is 1. The van der Waals surface area contributed by atoms with Crippen molar-refractivity contribution < 1.29 is 9.59 Å². The maximum absolute atomic E-state index is 12.5. The predicted molar refractivity (Wildman–Crippen MR) is 101 cm³/mol. The maximum Gasteiger partial charge on any atom is 0.321 e. The molecule has 0 unspecified atom stereocenters. The number of carbonyl (C=O) groups excluding carboxylic acids is 2. The first-order valence-electron chi connectivity index (χ1n) is 10.2. The third-order valence-corrected chi connectivity index (χ3v) is 7.69. The SMILES string of the molecule is Cc1nnc(SCC(=O)NC(=O)NC23CC4CC(CC(C4)C2)C3)n1C1CC1. The molecule has 146 valence electrons. The average molecular weight is 390 g/mol. The Morgan fingerprint density at radius 3 is 2.33 bits per heavy atom. The van der Waals surface area contributed by atoms with Gasteiger partial charge in [-0.2, -0.15) is 0 Å². The van der Waals surface area contributed by atoms with Crippen molar-refractivity contribution >= 4 is 23.7 Å². The van der Waals surface area contributed by atoms with Gasteiger partial charge in [0.05, 0.1) is 5.75 Å². The Bertz CT molecular complexity index is 737. The van der Waals surface area contributed by atoms with Gasteiger partial charge in [0.2, 0.25) is 5.91 Å². The number of nitrogens with zero attached hydrogens (tertiary/aromatic N) is 3. The molecule has 1 aromatic heterocycles. The molecule has 1 heterocycles. The van der Waals surface area contributed by atoms with E-state index < -0.39 is 0 Å². The van der Waals surface area contributed by atoms with Crippen molar-refractivity contribution in [1.29, 1.82) is 0 Å². The van der Waals surface area contributed by atoms with Crippen LogP contribution in [0.15, 0.2) is 5.16 Å². The molecule has 0 spiro atoms. The van der Waals surface area contributed by atoms with Crippen LogP contribution >= 0.6 is 11.8 Å². The first-order valence-corrected chi connectivity index (χ1v) is 11.1. The number of rotatable bonds is 5. The molecular weight excluding hydrogens is 362 g/mol. The quantitative estimate of drug-likeness (QED) is 0.756. The van der Waals surface area contributed by atoms with Crippen LogP contribution in [0.3, 0.4) is 0 Å². The van der Waals surface area contributed by atoms with Crippen LogP contribution in [-0.2, 0) is 4.79 Å². The molecular formula is C19H27N5O2S. The molecule has 6 rings (SSSR count). The fourth-order valence-corrected chi connectivity index (χ4v) is 6.88. The second kappa shape index (κ2) is 6.50. The highest BCUT2D eigenvalue weighted by Gasteiger charge is 2.51. The van der Waals surface area contributed by atoms with Gasteiger partial charge < -0.3 is 9.88 Å². The van der Waals surface area contributed by atoms with Crippen LogP contribution in [0, 0.1) is 24.7 Å². The lowest BCUT2D eigenvalue weighted by molar-refractivity contribution is -0.117. The number of hydrogen-bond donors (Lipinski definition) is 2. The van der Waals surface area contributed by atoms with Crippen LogP contribution in [0.2, 0.25) is 0 Å². The number of carbonyl (C=O) groups is 2. The van der Waals surface area contributed by atoms with E-state index in [-0.39, 0.29) is 23.2 Å². The molecule has 3 amide bonds. The highest BCUT2D eigenvalue weighted by atomic mass is 32.2. The molecule has 0 aliphatic heterocycles. The molecule has 0 saturated heterocycles. The molecule has 7 nitrogen and oxygen atoms in total. The summed E-state index contributed by atoms with van der Waals surface area (Å²) in [4.78, 5) is 24.7. The van der Waals surface area contributed by atoms with Crippen molar-refractivity contribution in [2.24, 2.45) is 17.8 Å². The molecule has 0 aromatic carbocycles. The zero-order chi connectivity index (χ0) is 18.6. The molecule has 2 N–H and O–H groups in total. The first-order chi connectivity index (χ1) is 13.0. The lowest BCUT2D eigenvalue weighted by Gasteiger charge is -2.56. The summed E-state index contributed by atoms with van der Waals surface area (Å²) in [6.45, 7) is 1.94. The van der Waals surface area contributed by atoms with Gasteiger partial charge in [-0.05, 0) is 76.0 Å². The highest BCUT2D eigenvalue weighted by molar-refractivity contribution is 7.99. The van der Waals surface area contributed by atoms with E-state index in [0.717, 1.165) is 60.8 Å². The Balaban J connectivity index is 1.14. The van der Waals surface area contributed by atoms with Crippen LogP contribution in [0.5, 0.6) is 0 Å². The number of thioether (sulfide) groups is 1. The minimum absolute atomic E-state index is 0.0739. The third-order valence-electron chi connectivity index (χ3n) is 6.75. The van der Waals surface area contributed by atoms with Gasteiger partial charge in [0, 0.05) is 11.6 Å². The van der Waals surface area contributed by atoms with E-state index in [1.54, 1.807) is 0 Å². The topological polar surface area (TPSA) is 88.9 Å². The first kappa shape index (κ1) is 17.5. The van der Waals surface area contributed by atoms with Crippen molar-refractivity contribution in [3.8, 4) is 0 Å². The number of aryl methyl sites for hydroxylation is 1. The fraction of sp³-hybridized carbons (Fsp3) is 0.789. The van der Waals surface area contributed by atoms with Gasteiger partial charge >= 0.3 is 6.03 Å². The second-order valence-corrected chi connectivity index (χ2v) is 10.1. The Morgan fingerprint density at radius 1 is 1.11 bits per heavy atom. The molecule has 0 atom stereocenters. The molecule has 5 aliphatic carbocycles. The van der Waals surface area contributed by atoms with Crippen molar-refractivity contribution in [2.75, 3.05) is 5.75 Å². The Kier molecular flexibility index (Phi) is 4.22. The zero-order valence-electron chi connectivity index (χ0n) is 15.7. The predicted octanol–water partition coefficient (Wildman–Crippen LogP) is 2.81. The monoisotopic (exact) mass is 389 g/mol. The molecule has 0 radical (unpaired) electrons. The van der Waals surface area contributed by atoms with E-state index >= 15 is 0 Å². The number of nitrogens with one attached hydrogen (secondary N) is 2. The summed E-state index contributed by atoms with van der Waals surface area (Å²) in [7, 11) is 0. The molecule has 27 heavy (non-hydrogen) atoms.